The van der Waals surface area contributed by atoms with Gasteiger partial charge in [0.1, 0.15) is 0 Å². The summed E-state index contributed by atoms with van der Waals surface area (Å²) >= 11 is 4.59. The van der Waals surface area contributed by atoms with Crippen molar-refractivity contribution < 1.29 is 17.8 Å². The highest BCUT2D eigenvalue weighted by atomic mass is 32.2. The van der Waals surface area contributed by atoms with Crippen molar-refractivity contribution in [3.8, 4) is 0 Å². The first-order valence-electron chi connectivity index (χ1n) is 17.6. The number of fused-ring (bicyclic) bond motifs is 2. The Morgan fingerprint density at radius 3 is 2.35 bits per heavy atom. The number of anilines is 2. The van der Waals surface area contributed by atoms with Gasteiger partial charge >= 0.3 is 0 Å². The molecule has 2 aliphatic rings. The summed E-state index contributed by atoms with van der Waals surface area (Å²) in [4.78, 5) is 18.1. The number of amides is 1. The highest BCUT2D eigenvalue weighted by Gasteiger charge is 2.43. The lowest BCUT2D eigenvalue weighted by molar-refractivity contribution is -0.121. The third-order valence-corrected chi connectivity index (χ3v) is 12.0. The van der Waals surface area contributed by atoms with E-state index in [2.05, 4.69) is 133 Å². The van der Waals surface area contributed by atoms with Crippen molar-refractivity contribution in [1.29, 1.82) is 0 Å². The standard InChI is InChI=1S/C40H57N3O4S2/c1-10-42-33-22-20-29(48)25-31(33)39(6,7)35(42)17-13-11-14-18-36-40(8,9)32-26-30(49(45,46)47)21-23-34(32)43(36)24-16-12-15-19-37(44)41-27-38(4,5)28(2)3/h11,13-14,17-18,20-23,25-26,28,36,48H,10,12,15-16,19,24,27H2,1-9H3,(H,41,44)(H,45,46,47)/b13-11+,18-14+,35-17-. The molecular formula is C40H57N3O4S2. The van der Waals surface area contributed by atoms with Crippen molar-refractivity contribution >= 4 is 40.0 Å². The molecular weight excluding hydrogens is 651 g/mol. The monoisotopic (exact) mass is 707 g/mol. The van der Waals surface area contributed by atoms with Gasteiger partial charge in [-0.2, -0.15) is 8.42 Å². The molecule has 2 aromatic carbocycles. The number of hydrogen-bond donors (Lipinski definition) is 3. The number of carbonyl (C=O) groups excluding carboxylic acids is 1. The quantitative estimate of drug-likeness (QED) is 0.0787. The summed E-state index contributed by atoms with van der Waals surface area (Å²) in [6.07, 6.45) is 13.7. The molecule has 0 spiro atoms. The van der Waals surface area contributed by atoms with Crippen molar-refractivity contribution in [2.75, 3.05) is 29.4 Å². The Kier molecular flexibility index (Phi) is 11.9. The van der Waals surface area contributed by atoms with Gasteiger partial charge in [0.15, 0.2) is 0 Å². The molecule has 2 aliphatic heterocycles. The minimum atomic E-state index is -4.33. The number of carbonyl (C=O) groups is 1. The summed E-state index contributed by atoms with van der Waals surface area (Å²) in [5.41, 5.74) is 5.09. The molecule has 0 saturated heterocycles. The predicted octanol–water partition coefficient (Wildman–Crippen LogP) is 8.86. The molecule has 0 aromatic heterocycles. The molecule has 2 heterocycles. The number of nitrogens with zero attached hydrogens (tertiary/aromatic N) is 2. The smallest absolute Gasteiger partial charge is 0.294 e. The minimum Gasteiger partial charge on any atom is -0.364 e. The van der Waals surface area contributed by atoms with Gasteiger partial charge in [0, 0.05) is 58.9 Å². The highest BCUT2D eigenvalue weighted by Crippen LogP contribution is 2.49. The Labute approximate surface area is 301 Å². The Balaban J connectivity index is 1.49. The fourth-order valence-corrected chi connectivity index (χ4v) is 7.70. The second-order valence-corrected chi connectivity index (χ2v) is 17.6. The van der Waals surface area contributed by atoms with Gasteiger partial charge in [-0.15, -0.1) is 12.6 Å². The maximum Gasteiger partial charge on any atom is 0.294 e. The normalized spacial score (nSPS) is 19.4. The van der Waals surface area contributed by atoms with Crippen molar-refractivity contribution in [3.63, 3.8) is 0 Å². The van der Waals surface area contributed by atoms with Crippen LogP contribution in [0.25, 0.3) is 0 Å². The van der Waals surface area contributed by atoms with Crippen LogP contribution < -0.4 is 15.1 Å². The van der Waals surface area contributed by atoms with Crippen molar-refractivity contribution in [3.05, 3.63) is 83.6 Å². The lowest BCUT2D eigenvalue weighted by Gasteiger charge is -2.32. The molecule has 4 rings (SSSR count). The lowest BCUT2D eigenvalue weighted by atomic mass is 9.80. The van der Waals surface area contributed by atoms with Gasteiger partial charge in [-0.25, -0.2) is 0 Å². The summed E-state index contributed by atoms with van der Waals surface area (Å²) in [7, 11) is -4.33. The van der Waals surface area contributed by atoms with E-state index in [0.29, 0.717) is 18.9 Å². The molecule has 0 radical (unpaired) electrons. The molecule has 9 heteroatoms. The van der Waals surface area contributed by atoms with Crippen molar-refractivity contribution in [2.45, 2.75) is 115 Å². The largest absolute Gasteiger partial charge is 0.364 e. The summed E-state index contributed by atoms with van der Waals surface area (Å²) < 4.78 is 33.9. The molecule has 1 atom stereocenters. The molecule has 2 N–H and O–H groups in total. The number of benzene rings is 2. The Hall–Kier alpha value is -3.01. The van der Waals surface area contributed by atoms with Crippen molar-refractivity contribution in [2.24, 2.45) is 11.3 Å². The SMILES string of the molecule is CCN1\C(=C/C=C/C=C/C2N(CCCCCC(=O)NCC(C)(C)C(C)C)c3ccc(S(=O)(=O)O)cc3C2(C)C)C(C)(C)c2cc(S)ccc21. The summed E-state index contributed by atoms with van der Waals surface area (Å²) in [6, 6.07) is 11.2. The second-order valence-electron chi connectivity index (χ2n) is 15.6. The molecule has 0 saturated carbocycles. The number of likely N-dealkylation sites (N-methyl/N-ethyl adjacent to an activating group) is 1. The zero-order chi connectivity index (χ0) is 36.4. The van der Waals surface area contributed by atoms with E-state index in [9.17, 15) is 17.8 Å². The Bertz CT molecular complexity index is 1720. The average Bonchev–Trinajstić information content (AvgIpc) is 3.36. The molecule has 7 nitrogen and oxygen atoms in total. The first kappa shape index (κ1) is 38.8. The topological polar surface area (TPSA) is 90.0 Å². The third-order valence-electron chi connectivity index (χ3n) is 10.9. The summed E-state index contributed by atoms with van der Waals surface area (Å²) in [5, 5.41) is 3.11. The van der Waals surface area contributed by atoms with E-state index >= 15 is 0 Å². The van der Waals surface area contributed by atoms with Crippen LogP contribution in [0.15, 0.2) is 82.3 Å². The van der Waals surface area contributed by atoms with Crippen LogP contribution in [0.1, 0.15) is 99.1 Å². The molecule has 49 heavy (non-hydrogen) atoms. The number of allylic oxidation sites excluding steroid dienone is 5. The zero-order valence-electron chi connectivity index (χ0n) is 30.9. The highest BCUT2D eigenvalue weighted by molar-refractivity contribution is 7.85. The molecule has 2 aromatic rings. The van der Waals surface area contributed by atoms with Gasteiger partial charge in [-0.1, -0.05) is 86.1 Å². The average molecular weight is 708 g/mol. The van der Waals surface area contributed by atoms with E-state index in [1.54, 1.807) is 6.07 Å². The first-order chi connectivity index (χ1) is 22.8. The zero-order valence-corrected chi connectivity index (χ0v) is 32.6. The predicted molar refractivity (Wildman–Crippen MR) is 207 cm³/mol. The van der Waals surface area contributed by atoms with Gasteiger partial charge in [-0.3, -0.25) is 9.35 Å². The van der Waals surface area contributed by atoms with Crippen molar-refractivity contribution in [1.82, 2.24) is 5.32 Å². The van der Waals surface area contributed by atoms with Crippen LogP contribution in [0.2, 0.25) is 0 Å². The minimum absolute atomic E-state index is 0.0360. The first-order valence-corrected chi connectivity index (χ1v) is 19.5. The molecule has 1 amide bonds. The maximum atomic E-state index is 12.5. The van der Waals surface area contributed by atoms with E-state index in [0.717, 1.165) is 48.5 Å². The molecule has 0 bridgehead atoms. The van der Waals surface area contributed by atoms with E-state index in [-0.39, 0.29) is 27.7 Å². The molecule has 0 fully saturated rings. The molecule has 268 valence electrons. The fraction of sp³-hybridized carbons (Fsp3) is 0.525. The molecule has 1 unspecified atom stereocenters. The van der Waals surface area contributed by atoms with Gasteiger partial charge < -0.3 is 15.1 Å². The van der Waals surface area contributed by atoms with Crippen LogP contribution in [0.5, 0.6) is 0 Å². The van der Waals surface area contributed by atoms with Crippen LogP contribution in [0.3, 0.4) is 0 Å². The van der Waals surface area contributed by atoms with Gasteiger partial charge in [-0.05, 0) is 84.7 Å². The summed E-state index contributed by atoms with van der Waals surface area (Å²) in [5.74, 6) is 0.578. The van der Waals surface area contributed by atoms with Crippen LogP contribution in [0.4, 0.5) is 11.4 Å². The van der Waals surface area contributed by atoms with E-state index in [1.807, 2.05) is 12.1 Å². The van der Waals surface area contributed by atoms with Crippen LogP contribution in [-0.4, -0.2) is 44.6 Å². The number of unbranched alkanes of at least 4 members (excludes halogenated alkanes) is 2. The van der Waals surface area contributed by atoms with E-state index in [1.165, 1.54) is 23.0 Å². The molecule has 0 aliphatic carbocycles. The number of thiol groups is 1. The number of hydrogen-bond acceptors (Lipinski definition) is 6. The van der Waals surface area contributed by atoms with Gasteiger partial charge in [0.05, 0.1) is 10.9 Å². The number of nitrogens with one attached hydrogen (secondary N) is 1. The lowest BCUT2D eigenvalue weighted by Crippen LogP contribution is -2.40. The fourth-order valence-electron chi connectivity index (χ4n) is 6.99. The third kappa shape index (κ3) is 8.49. The van der Waals surface area contributed by atoms with Gasteiger partial charge in [0.25, 0.3) is 10.1 Å². The van der Waals surface area contributed by atoms with Crippen LogP contribution in [0, 0.1) is 11.3 Å². The summed E-state index contributed by atoms with van der Waals surface area (Å²) in [6.45, 7) is 21.9. The van der Waals surface area contributed by atoms with Gasteiger partial charge in [0.2, 0.25) is 5.91 Å². The van der Waals surface area contributed by atoms with Crippen LogP contribution >= 0.6 is 12.6 Å². The number of rotatable bonds is 14. The Morgan fingerprint density at radius 1 is 1.00 bits per heavy atom. The Morgan fingerprint density at radius 2 is 1.69 bits per heavy atom. The second kappa shape index (κ2) is 15.1. The van der Waals surface area contributed by atoms with E-state index in [4.69, 9.17) is 0 Å². The van der Waals surface area contributed by atoms with Crippen LogP contribution in [-0.2, 0) is 25.7 Å². The van der Waals surface area contributed by atoms with E-state index < -0.39 is 15.5 Å². The maximum absolute atomic E-state index is 12.5.